The summed E-state index contributed by atoms with van der Waals surface area (Å²) >= 11 is 0. The van der Waals surface area contributed by atoms with E-state index in [1.165, 1.54) is 0 Å². The molecule has 0 aromatic heterocycles. The maximum absolute atomic E-state index is 10.0. The van der Waals surface area contributed by atoms with E-state index in [-0.39, 0.29) is 6.10 Å². The fraction of sp³-hybridized carbons (Fsp3) is 0.875. The SMILES string of the molecule is [CH2]CCN1CCC(O[N+](=O)[O-])CC1. The van der Waals surface area contributed by atoms with Crippen LogP contribution in [0.4, 0.5) is 0 Å². The summed E-state index contributed by atoms with van der Waals surface area (Å²) in [7, 11) is 0. The van der Waals surface area contributed by atoms with Gasteiger partial charge in [0.05, 0.1) is 0 Å². The molecular weight excluding hydrogens is 172 g/mol. The van der Waals surface area contributed by atoms with E-state index >= 15 is 0 Å². The van der Waals surface area contributed by atoms with E-state index in [0.29, 0.717) is 0 Å². The van der Waals surface area contributed by atoms with Gasteiger partial charge in [0.1, 0.15) is 6.10 Å². The van der Waals surface area contributed by atoms with Gasteiger partial charge in [-0.15, -0.1) is 10.1 Å². The van der Waals surface area contributed by atoms with Crippen LogP contribution >= 0.6 is 0 Å². The van der Waals surface area contributed by atoms with Crippen LogP contribution in [0.25, 0.3) is 0 Å². The van der Waals surface area contributed by atoms with Gasteiger partial charge in [0, 0.05) is 13.1 Å². The van der Waals surface area contributed by atoms with E-state index in [4.69, 9.17) is 0 Å². The number of piperidine rings is 1. The minimum absolute atomic E-state index is 0.198. The second-order valence-corrected chi connectivity index (χ2v) is 3.22. The van der Waals surface area contributed by atoms with Gasteiger partial charge in [-0.3, -0.25) is 0 Å². The molecule has 0 aromatic carbocycles. The third-order valence-electron chi connectivity index (χ3n) is 2.24. The van der Waals surface area contributed by atoms with Gasteiger partial charge >= 0.3 is 0 Å². The monoisotopic (exact) mass is 187 g/mol. The van der Waals surface area contributed by atoms with Crippen LogP contribution in [-0.4, -0.2) is 35.7 Å². The standard InChI is InChI=1S/C8H15N2O3/c1-2-5-9-6-3-8(4-7-9)13-10(11)12/h8H,1-7H2. The van der Waals surface area contributed by atoms with Gasteiger partial charge in [-0.2, -0.15) is 0 Å². The number of hydrogen-bond donors (Lipinski definition) is 0. The molecular formula is C8H15N2O3. The first-order chi connectivity index (χ1) is 6.22. The Kier molecular flexibility index (Phi) is 3.95. The molecule has 0 N–H and O–H groups in total. The zero-order chi connectivity index (χ0) is 9.68. The van der Waals surface area contributed by atoms with Gasteiger partial charge in [-0.1, -0.05) is 6.92 Å². The van der Waals surface area contributed by atoms with Crippen LogP contribution in [-0.2, 0) is 4.84 Å². The Labute approximate surface area is 77.8 Å². The predicted molar refractivity (Wildman–Crippen MR) is 47.5 cm³/mol. The van der Waals surface area contributed by atoms with Crippen LogP contribution in [0.1, 0.15) is 19.3 Å². The molecule has 0 bridgehead atoms. The molecule has 0 aromatic rings. The second-order valence-electron chi connectivity index (χ2n) is 3.22. The molecule has 5 nitrogen and oxygen atoms in total. The summed E-state index contributed by atoms with van der Waals surface area (Å²) in [5, 5.41) is 9.34. The van der Waals surface area contributed by atoms with Crippen LogP contribution in [0.15, 0.2) is 0 Å². The van der Waals surface area contributed by atoms with E-state index in [9.17, 15) is 10.1 Å². The highest BCUT2D eigenvalue weighted by molar-refractivity contribution is 4.71. The number of likely N-dealkylation sites (tertiary alicyclic amines) is 1. The van der Waals surface area contributed by atoms with Crippen LogP contribution in [0, 0.1) is 17.0 Å². The molecule has 1 aliphatic heterocycles. The van der Waals surface area contributed by atoms with Crippen molar-refractivity contribution in [1.82, 2.24) is 4.90 Å². The highest BCUT2D eigenvalue weighted by atomic mass is 17.0. The van der Waals surface area contributed by atoms with Gasteiger partial charge in [-0.05, 0) is 25.8 Å². The number of nitrogens with zero attached hydrogens (tertiary/aromatic N) is 2. The maximum atomic E-state index is 10.0. The first kappa shape index (κ1) is 10.2. The van der Waals surface area contributed by atoms with E-state index in [1.807, 2.05) is 0 Å². The quantitative estimate of drug-likeness (QED) is 0.484. The Bertz CT molecular complexity index is 167. The molecule has 0 aliphatic carbocycles. The predicted octanol–water partition coefficient (Wildman–Crippen LogP) is 0.883. The van der Waals surface area contributed by atoms with Crippen molar-refractivity contribution in [3.05, 3.63) is 17.0 Å². The molecule has 0 atom stereocenters. The molecule has 1 aliphatic rings. The summed E-state index contributed by atoms with van der Waals surface area (Å²) in [6.45, 7) is 6.51. The van der Waals surface area contributed by atoms with E-state index in [2.05, 4.69) is 16.7 Å². The second kappa shape index (κ2) is 5.01. The Morgan fingerprint density at radius 1 is 1.54 bits per heavy atom. The highest BCUT2D eigenvalue weighted by Gasteiger charge is 2.20. The number of hydrogen-bond acceptors (Lipinski definition) is 4. The molecule has 0 amide bonds. The lowest BCUT2D eigenvalue weighted by molar-refractivity contribution is -0.769. The average Bonchev–Trinajstić information content (AvgIpc) is 2.08. The van der Waals surface area contributed by atoms with E-state index in [1.54, 1.807) is 0 Å². The summed E-state index contributed by atoms with van der Waals surface area (Å²) in [5.74, 6) is 0. The van der Waals surface area contributed by atoms with Crippen molar-refractivity contribution in [2.24, 2.45) is 0 Å². The van der Waals surface area contributed by atoms with Gasteiger partial charge in [0.15, 0.2) is 0 Å². The fourth-order valence-electron chi connectivity index (χ4n) is 1.58. The minimum atomic E-state index is -0.693. The first-order valence-corrected chi connectivity index (χ1v) is 4.55. The Hall–Kier alpha value is -0.840. The first-order valence-electron chi connectivity index (χ1n) is 4.55. The van der Waals surface area contributed by atoms with Gasteiger partial charge in [0.25, 0.3) is 5.09 Å². The number of rotatable bonds is 4. The lowest BCUT2D eigenvalue weighted by Crippen LogP contribution is -2.38. The Balaban J connectivity index is 2.18. The topological polar surface area (TPSA) is 55.6 Å². The zero-order valence-corrected chi connectivity index (χ0v) is 7.65. The molecule has 0 unspecified atom stereocenters. The molecule has 1 heterocycles. The van der Waals surface area contributed by atoms with Crippen molar-refractivity contribution in [2.75, 3.05) is 19.6 Å². The summed E-state index contributed by atoms with van der Waals surface area (Å²) in [6, 6.07) is 0. The highest BCUT2D eigenvalue weighted by Crippen LogP contribution is 2.13. The molecule has 1 radical (unpaired) electrons. The smallest absolute Gasteiger partial charge is 0.294 e. The molecule has 0 saturated carbocycles. The van der Waals surface area contributed by atoms with Crippen LogP contribution in [0.3, 0.4) is 0 Å². The third-order valence-corrected chi connectivity index (χ3v) is 2.24. The van der Waals surface area contributed by atoms with Crippen molar-refractivity contribution in [3.8, 4) is 0 Å². The maximum Gasteiger partial charge on any atom is 0.294 e. The van der Waals surface area contributed by atoms with Gasteiger partial charge in [-0.25, -0.2) is 0 Å². The van der Waals surface area contributed by atoms with E-state index < -0.39 is 5.09 Å². The third kappa shape index (κ3) is 3.59. The van der Waals surface area contributed by atoms with Crippen molar-refractivity contribution < 1.29 is 9.92 Å². The van der Waals surface area contributed by atoms with Crippen molar-refractivity contribution >= 4 is 0 Å². The van der Waals surface area contributed by atoms with E-state index in [0.717, 1.165) is 38.9 Å². The summed E-state index contributed by atoms with van der Waals surface area (Å²) in [6.07, 6.45) is 2.19. The Morgan fingerprint density at radius 2 is 2.15 bits per heavy atom. The minimum Gasteiger partial charge on any atom is -0.310 e. The molecule has 1 saturated heterocycles. The summed E-state index contributed by atoms with van der Waals surface area (Å²) in [5.41, 5.74) is 0. The molecule has 1 rings (SSSR count). The van der Waals surface area contributed by atoms with Crippen LogP contribution in [0.5, 0.6) is 0 Å². The van der Waals surface area contributed by atoms with Gasteiger partial charge in [0.2, 0.25) is 0 Å². The molecule has 0 spiro atoms. The fourth-order valence-corrected chi connectivity index (χ4v) is 1.58. The molecule has 1 fully saturated rings. The largest absolute Gasteiger partial charge is 0.310 e. The molecule has 13 heavy (non-hydrogen) atoms. The molecule has 75 valence electrons. The Morgan fingerprint density at radius 3 is 2.62 bits per heavy atom. The zero-order valence-electron chi connectivity index (χ0n) is 7.65. The van der Waals surface area contributed by atoms with Crippen molar-refractivity contribution in [1.29, 1.82) is 0 Å². The lowest BCUT2D eigenvalue weighted by atomic mass is 10.1. The molecule has 5 heteroatoms. The van der Waals surface area contributed by atoms with Crippen LogP contribution in [0.2, 0.25) is 0 Å². The lowest BCUT2D eigenvalue weighted by Gasteiger charge is -2.30. The normalized spacial score (nSPS) is 20.1. The summed E-state index contributed by atoms with van der Waals surface area (Å²) < 4.78 is 0. The van der Waals surface area contributed by atoms with Gasteiger partial charge < -0.3 is 9.74 Å². The van der Waals surface area contributed by atoms with Crippen molar-refractivity contribution in [3.63, 3.8) is 0 Å². The van der Waals surface area contributed by atoms with Crippen LogP contribution < -0.4 is 0 Å². The average molecular weight is 187 g/mol. The van der Waals surface area contributed by atoms with Crippen molar-refractivity contribution in [2.45, 2.75) is 25.4 Å². The summed E-state index contributed by atoms with van der Waals surface area (Å²) in [4.78, 5) is 16.8.